The smallest absolute Gasteiger partial charge is 0.238 e. The van der Waals surface area contributed by atoms with E-state index in [0.717, 1.165) is 24.4 Å². The molecular formula is C33H29BrN2O7. The maximum Gasteiger partial charge on any atom is 0.238 e. The molecule has 0 bridgehead atoms. The number of carbonyl (C=O) groups excluding carboxylic acids is 4. The average molecular weight is 646 g/mol. The van der Waals surface area contributed by atoms with Gasteiger partial charge in [0.15, 0.2) is 23.1 Å². The lowest BCUT2D eigenvalue weighted by molar-refractivity contribution is -0.123. The van der Waals surface area contributed by atoms with Gasteiger partial charge >= 0.3 is 0 Å². The molecule has 2 aliphatic heterocycles. The lowest BCUT2D eigenvalue weighted by atomic mass is 9.59. The van der Waals surface area contributed by atoms with Crippen molar-refractivity contribution in [3.8, 4) is 11.5 Å². The summed E-state index contributed by atoms with van der Waals surface area (Å²) >= 11 is 3.24. The Morgan fingerprint density at radius 3 is 2.40 bits per heavy atom. The molecule has 0 radical (unpaired) electrons. The molecule has 0 unspecified atom stereocenters. The molecule has 43 heavy (non-hydrogen) atoms. The van der Waals surface area contributed by atoms with Crippen molar-refractivity contribution in [3.05, 3.63) is 81.4 Å². The van der Waals surface area contributed by atoms with Crippen molar-refractivity contribution < 1.29 is 33.8 Å². The van der Waals surface area contributed by atoms with Gasteiger partial charge < -0.3 is 19.5 Å². The number of imide groups is 1. The number of fused-ring (bicyclic) bond motifs is 3. The molecule has 2 aromatic rings. The molecule has 4 atom stereocenters. The highest BCUT2D eigenvalue weighted by Crippen LogP contribution is 2.57. The van der Waals surface area contributed by atoms with Crippen molar-refractivity contribution in [3.63, 3.8) is 0 Å². The average Bonchev–Trinajstić information content (AvgIpc) is 3.29. The Morgan fingerprint density at radius 1 is 0.953 bits per heavy atom. The van der Waals surface area contributed by atoms with E-state index in [1.807, 2.05) is 18.2 Å². The Bertz CT molecular complexity index is 1670. The largest absolute Gasteiger partial charge is 0.504 e. The summed E-state index contributed by atoms with van der Waals surface area (Å²) in [6, 6.07) is 12.5. The summed E-state index contributed by atoms with van der Waals surface area (Å²) in [6.45, 7) is 2.85. The standard InChI is InChI=1S/C33H29BrN2O7/c1-42-26-4-2-3-20(31(26)39)27-19-9-10-21-28(22(19)15-23-29(27)25(37)16-24(34)30(23)38)33(41)36(32(21)40)18-7-5-17(6-8-18)35-11-13-43-14-12-35/h2-9,16,21-22,27-28,39H,10-15H2,1H3/t21-,22+,27+,28-/m0/s1. The fourth-order valence-electron chi connectivity index (χ4n) is 7.39. The van der Waals surface area contributed by atoms with Crippen molar-refractivity contribution in [2.45, 2.75) is 18.8 Å². The number of halogens is 1. The predicted molar refractivity (Wildman–Crippen MR) is 161 cm³/mol. The van der Waals surface area contributed by atoms with E-state index in [-0.39, 0.29) is 45.8 Å². The van der Waals surface area contributed by atoms with E-state index in [2.05, 4.69) is 20.8 Å². The van der Waals surface area contributed by atoms with E-state index in [9.17, 15) is 24.3 Å². The molecule has 2 fully saturated rings. The highest BCUT2D eigenvalue weighted by Gasteiger charge is 2.57. The van der Waals surface area contributed by atoms with Crippen molar-refractivity contribution in [2.75, 3.05) is 43.2 Å². The number of morpholine rings is 1. The second-order valence-electron chi connectivity index (χ2n) is 11.4. The summed E-state index contributed by atoms with van der Waals surface area (Å²) in [5.41, 5.74) is 3.30. The number of hydrogen-bond acceptors (Lipinski definition) is 8. The van der Waals surface area contributed by atoms with Crippen molar-refractivity contribution in [1.29, 1.82) is 0 Å². The van der Waals surface area contributed by atoms with Crippen LogP contribution in [-0.4, -0.2) is 61.9 Å². The van der Waals surface area contributed by atoms with Crippen molar-refractivity contribution in [2.24, 2.45) is 17.8 Å². The summed E-state index contributed by atoms with van der Waals surface area (Å²) < 4.78 is 11.0. The number of hydrogen-bond donors (Lipinski definition) is 1. The third kappa shape index (κ3) is 4.30. The molecule has 3 aliphatic carbocycles. The number of methoxy groups -OCH3 is 1. The number of aromatic hydroxyl groups is 1. The number of amides is 2. The van der Waals surface area contributed by atoms with Crippen LogP contribution in [0, 0.1) is 17.8 Å². The number of ketones is 2. The quantitative estimate of drug-likeness (QED) is 0.299. The number of nitrogens with zero attached hydrogens (tertiary/aromatic N) is 2. The molecule has 0 spiro atoms. The number of para-hydroxylation sites is 1. The Kier molecular flexibility index (Phi) is 6.85. The first-order valence-corrected chi connectivity index (χ1v) is 15.1. The third-order valence-electron chi connectivity index (χ3n) is 9.38. The van der Waals surface area contributed by atoms with Gasteiger partial charge in [-0.1, -0.05) is 23.8 Å². The Labute approximate surface area is 256 Å². The molecule has 7 rings (SSSR count). The predicted octanol–water partition coefficient (Wildman–Crippen LogP) is 4.20. The Morgan fingerprint density at radius 2 is 1.67 bits per heavy atom. The van der Waals surface area contributed by atoms with Gasteiger partial charge in [0, 0.05) is 47.5 Å². The lowest BCUT2D eigenvalue weighted by Gasteiger charge is -2.42. The number of Topliss-reactive ketones (excluding diaryl/α,β-unsaturated/α-hetero) is 1. The van der Waals surface area contributed by atoms with E-state index in [1.165, 1.54) is 18.1 Å². The Balaban J connectivity index is 1.28. The molecule has 2 heterocycles. The first-order chi connectivity index (χ1) is 20.8. The van der Waals surface area contributed by atoms with Crippen LogP contribution in [0.4, 0.5) is 11.4 Å². The lowest BCUT2D eigenvalue weighted by Crippen LogP contribution is -2.39. The van der Waals surface area contributed by atoms with Crippen molar-refractivity contribution in [1.82, 2.24) is 0 Å². The van der Waals surface area contributed by atoms with E-state index in [1.54, 1.807) is 30.3 Å². The second kappa shape index (κ2) is 10.6. The SMILES string of the molecule is COc1cccc([C@H]2C3=CC[C@@H]4C(=O)N(c5ccc(N6CCOCC6)cc5)C(=O)[C@@H]4[C@@H]3CC3=C2C(=O)C=C(Br)C3=O)c1O. The third-order valence-corrected chi connectivity index (χ3v) is 9.97. The van der Waals surface area contributed by atoms with Gasteiger partial charge in [0.1, 0.15) is 0 Å². The summed E-state index contributed by atoms with van der Waals surface area (Å²) in [5.74, 6) is -3.68. The molecule has 0 aromatic heterocycles. The number of phenolic OH excluding ortho intramolecular Hbond substituents is 1. The maximum absolute atomic E-state index is 14.2. The molecular weight excluding hydrogens is 616 g/mol. The van der Waals surface area contributed by atoms with Crippen LogP contribution in [0.3, 0.4) is 0 Å². The minimum atomic E-state index is -0.761. The molecule has 2 saturated heterocycles. The molecule has 5 aliphatic rings. The number of phenols is 1. The van der Waals surface area contributed by atoms with Gasteiger partial charge in [0.05, 0.1) is 42.3 Å². The van der Waals surface area contributed by atoms with Gasteiger partial charge in [-0.3, -0.25) is 24.1 Å². The highest BCUT2D eigenvalue weighted by atomic mass is 79.9. The maximum atomic E-state index is 14.2. The van der Waals surface area contributed by atoms with E-state index < -0.39 is 23.7 Å². The summed E-state index contributed by atoms with van der Waals surface area (Å²) in [6.07, 6.45) is 3.67. The van der Waals surface area contributed by atoms with Crippen LogP contribution in [-0.2, 0) is 23.9 Å². The van der Waals surface area contributed by atoms with E-state index in [0.29, 0.717) is 42.0 Å². The van der Waals surface area contributed by atoms with Gasteiger partial charge in [0.25, 0.3) is 0 Å². The molecule has 1 N–H and O–H groups in total. The topological polar surface area (TPSA) is 113 Å². The summed E-state index contributed by atoms with van der Waals surface area (Å²) in [7, 11) is 1.44. The van der Waals surface area contributed by atoms with Crippen LogP contribution >= 0.6 is 15.9 Å². The van der Waals surface area contributed by atoms with Crippen LogP contribution in [0.25, 0.3) is 0 Å². The molecule has 2 aromatic carbocycles. The fraction of sp³-hybridized carbons (Fsp3) is 0.333. The fourth-order valence-corrected chi connectivity index (χ4v) is 7.83. The van der Waals surface area contributed by atoms with Gasteiger partial charge in [-0.2, -0.15) is 0 Å². The molecule has 9 nitrogen and oxygen atoms in total. The number of anilines is 2. The zero-order valence-corrected chi connectivity index (χ0v) is 25.0. The zero-order chi connectivity index (χ0) is 30.0. The van der Waals surface area contributed by atoms with Crippen LogP contribution in [0.5, 0.6) is 11.5 Å². The molecule has 2 amide bonds. The minimum absolute atomic E-state index is 0.129. The number of ether oxygens (including phenoxy) is 2. The molecule has 220 valence electrons. The van der Waals surface area contributed by atoms with E-state index >= 15 is 0 Å². The van der Waals surface area contributed by atoms with E-state index in [4.69, 9.17) is 9.47 Å². The first kappa shape index (κ1) is 27.8. The van der Waals surface area contributed by atoms with Crippen LogP contribution < -0.4 is 14.5 Å². The van der Waals surface area contributed by atoms with Crippen LogP contribution in [0.1, 0.15) is 24.3 Å². The zero-order valence-electron chi connectivity index (χ0n) is 23.4. The van der Waals surface area contributed by atoms with Gasteiger partial charge in [0.2, 0.25) is 11.8 Å². The first-order valence-electron chi connectivity index (χ1n) is 14.4. The van der Waals surface area contributed by atoms with Gasteiger partial charge in [-0.25, -0.2) is 0 Å². The van der Waals surface area contributed by atoms with Crippen molar-refractivity contribution >= 4 is 50.7 Å². The Hall–Kier alpha value is -4.02. The number of benzene rings is 2. The normalized spacial score (nSPS) is 27.0. The number of rotatable bonds is 4. The minimum Gasteiger partial charge on any atom is -0.504 e. The van der Waals surface area contributed by atoms with Gasteiger partial charge in [-0.05, 0) is 65.0 Å². The highest BCUT2D eigenvalue weighted by molar-refractivity contribution is 9.12. The van der Waals surface area contributed by atoms with Gasteiger partial charge in [-0.15, -0.1) is 0 Å². The summed E-state index contributed by atoms with van der Waals surface area (Å²) in [5, 5.41) is 11.2. The van der Waals surface area contributed by atoms with Crippen LogP contribution in [0.15, 0.2) is 75.8 Å². The monoisotopic (exact) mass is 644 g/mol. The number of carbonyl (C=O) groups is 4. The number of allylic oxidation sites excluding steroid dienone is 6. The van der Waals surface area contributed by atoms with Crippen LogP contribution in [0.2, 0.25) is 0 Å². The molecule has 10 heteroatoms. The summed E-state index contributed by atoms with van der Waals surface area (Å²) in [4.78, 5) is 58.3. The second-order valence-corrected chi connectivity index (χ2v) is 12.3. The molecule has 0 saturated carbocycles.